The quantitative estimate of drug-likeness (QED) is 0.882. The van der Waals surface area contributed by atoms with Gasteiger partial charge in [-0.1, -0.05) is 17.7 Å². The average Bonchev–Trinajstić information content (AvgIpc) is 3.06. The second kappa shape index (κ2) is 7.93. The van der Waals surface area contributed by atoms with E-state index >= 15 is 0 Å². The summed E-state index contributed by atoms with van der Waals surface area (Å²) in [5.74, 6) is -0.208. The Hall–Kier alpha value is -1.99. The lowest BCUT2D eigenvalue weighted by Crippen LogP contribution is -2.45. The van der Waals surface area contributed by atoms with Gasteiger partial charge in [0.15, 0.2) is 0 Å². The fourth-order valence-corrected chi connectivity index (χ4v) is 3.11. The van der Waals surface area contributed by atoms with E-state index in [-0.39, 0.29) is 18.5 Å². The lowest BCUT2D eigenvalue weighted by Gasteiger charge is -2.31. The Labute approximate surface area is 149 Å². The highest BCUT2D eigenvalue weighted by Gasteiger charge is 2.23. The van der Waals surface area contributed by atoms with Crippen LogP contribution in [-0.4, -0.2) is 52.7 Å². The molecule has 1 aliphatic rings. The highest BCUT2D eigenvalue weighted by Crippen LogP contribution is 2.16. The van der Waals surface area contributed by atoms with E-state index in [1.54, 1.807) is 27.9 Å². The van der Waals surface area contributed by atoms with Crippen LogP contribution in [0.4, 0.5) is 8.78 Å². The number of nitrogens with zero attached hydrogens (tertiary/aromatic N) is 3. The van der Waals surface area contributed by atoms with Crippen LogP contribution in [0.25, 0.3) is 5.69 Å². The molecule has 0 radical (unpaired) electrons. The van der Waals surface area contributed by atoms with E-state index in [2.05, 4.69) is 10.4 Å². The third-order valence-electron chi connectivity index (χ3n) is 4.24. The minimum Gasteiger partial charge on any atom is -0.349 e. The van der Waals surface area contributed by atoms with E-state index in [0.29, 0.717) is 36.5 Å². The molecule has 3 rings (SSSR count). The summed E-state index contributed by atoms with van der Waals surface area (Å²) in [5, 5.41) is 7.74. The molecule has 5 nitrogen and oxygen atoms in total. The number of carbonyl (C=O) groups excluding carboxylic acids is 1. The van der Waals surface area contributed by atoms with Gasteiger partial charge < -0.3 is 5.32 Å². The van der Waals surface area contributed by atoms with Crippen LogP contribution in [0.1, 0.15) is 23.2 Å². The maximum absolute atomic E-state index is 12.4. The number of hydrogen-bond acceptors (Lipinski definition) is 3. The van der Waals surface area contributed by atoms with Gasteiger partial charge in [-0.25, -0.2) is 13.5 Å². The average molecular weight is 369 g/mol. The van der Waals surface area contributed by atoms with Crippen molar-refractivity contribution in [2.45, 2.75) is 25.3 Å². The molecule has 0 atom stereocenters. The van der Waals surface area contributed by atoms with Gasteiger partial charge in [0, 0.05) is 30.4 Å². The summed E-state index contributed by atoms with van der Waals surface area (Å²) in [4.78, 5) is 14.1. The summed E-state index contributed by atoms with van der Waals surface area (Å²) in [6.45, 7) is 0.932. The molecule has 1 aromatic carbocycles. The maximum Gasteiger partial charge on any atom is 0.254 e. The number of piperidine rings is 1. The van der Waals surface area contributed by atoms with Crippen LogP contribution < -0.4 is 5.32 Å². The van der Waals surface area contributed by atoms with Gasteiger partial charge in [0.1, 0.15) is 0 Å². The topological polar surface area (TPSA) is 50.2 Å². The molecular weight excluding hydrogens is 350 g/mol. The van der Waals surface area contributed by atoms with Crippen LogP contribution in [0.3, 0.4) is 0 Å². The lowest BCUT2D eigenvalue weighted by atomic mass is 10.0. The van der Waals surface area contributed by atoms with Crippen LogP contribution in [0.2, 0.25) is 5.02 Å². The van der Waals surface area contributed by atoms with Crippen molar-refractivity contribution in [2.75, 3.05) is 19.6 Å². The third-order valence-corrected chi connectivity index (χ3v) is 4.47. The summed E-state index contributed by atoms with van der Waals surface area (Å²) in [5.41, 5.74) is 1.22. The molecule has 2 aromatic rings. The second-order valence-corrected chi connectivity index (χ2v) is 6.53. The van der Waals surface area contributed by atoms with E-state index in [0.717, 1.165) is 5.69 Å². The number of benzene rings is 1. The van der Waals surface area contributed by atoms with Gasteiger partial charge in [-0.3, -0.25) is 9.69 Å². The maximum atomic E-state index is 12.4. The van der Waals surface area contributed by atoms with Crippen molar-refractivity contribution in [3.63, 3.8) is 0 Å². The summed E-state index contributed by atoms with van der Waals surface area (Å²) >= 11 is 5.96. The molecule has 0 spiro atoms. The Bertz CT molecular complexity index is 729. The number of alkyl halides is 2. The summed E-state index contributed by atoms with van der Waals surface area (Å²) in [7, 11) is 0. The number of amides is 1. The number of halogens is 3. The molecule has 1 amide bonds. The summed E-state index contributed by atoms with van der Waals surface area (Å²) in [6.07, 6.45) is 2.17. The first kappa shape index (κ1) is 17.8. The number of carbonyl (C=O) groups is 1. The molecule has 1 aromatic heterocycles. The van der Waals surface area contributed by atoms with Gasteiger partial charge in [0.2, 0.25) is 0 Å². The molecule has 134 valence electrons. The lowest BCUT2D eigenvalue weighted by molar-refractivity contribution is 0.0696. The molecule has 1 saturated heterocycles. The Kier molecular flexibility index (Phi) is 5.65. The first-order chi connectivity index (χ1) is 12.0. The molecule has 1 fully saturated rings. The number of aromatic nitrogens is 2. The van der Waals surface area contributed by atoms with Gasteiger partial charge in [-0.15, -0.1) is 0 Å². The van der Waals surface area contributed by atoms with Crippen molar-refractivity contribution in [1.82, 2.24) is 20.0 Å². The van der Waals surface area contributed by atoms with Crippen molar-refractivity contribution in [1.29, 1.82) is 0 Å². The predicted molar refractivity (Wildman–Crippen MR) is 91.5 cm³/mol. The van der Waals surface area contributed by atoms with E-state index in [9.17, 15) is 13.6 Å². The van der Waals surface area contributed by atoms with E-state index < -0.39 is 6.43 Å². The van der Waals surface area contributed by atoms with Crippen LogP contribution in [0, 0.1) is 0 Å². The minimum atomic E-state index is -2.32. The molecule has 25 heavy (non-hydrogen) atoms. The predicted octanol–water partition coefficient (Wildman–Crippen LogP) is 2.99. The Morgan fingerprint density at radius 2 is 2.12 bits per heavy atom. The van der Waals surface area contributed by atoms with Crippen LogP contribution in [0.5, 0.6) is 0 Å². The van der Waals surface area contributed by atoms with Crippen molar-refractivity contribution in [2.24, 2.45) is 0 Å². The largest absolute Gasteiger partial charge is 0.349 e. The summed E-state index contributed by atoms with van der Waals surface area (Å²) < 4.78 is 26.4. The highest BCUT2D eigenvalue weighted by atomic mass is 35.5. The smallest absolute Gasteiger partial charge is 0.254 e. The second-order valence-electron chi connectivity index (χ2n) is 6.09. The Balaban J connectivity index is 1.56. The van der Waals surface area contributed by atoms with Crippen LogP contribution >= 0.6 is 11.6 Å². The monoisotopic (exact) mass is 368 g/mol. The fraction of sp³-hybridized carbons (Fsp3) is 0.412. The number of likely N-dealkylation sites (tertiary alicyclic amines) is 1. The molecular formula is C17H19ClF2N4O. The minimum absolute atomic E-state index is 0.00376. The van der Waals surface area contributed by atoms with Crippen LogP contribution in [0.15, 0.2) is 36.7 Å². The van der Waals surface area contributed by atoms with E-state index in [1.165, 1.54) is 6.20 Å². The molecule has 0 unspecified atom stereocenters. The molecule has 2 heterocycles. The first-order valence-corrected chi connectivity index (χ1v) is 8.51. The van der Waals surface area contributed by atoms with Crippen LogP contribution in [-0.2, 0) is 0 Å². The summed E-state index contributed by atoms with van der Waals surface area (Å²) in [6, 6.07) is 7.18. The van der Waals surface area contributed by atoms with Crippen molar-refractivity contribution < 1.29 is 13.6 Å². The normalized spacial score (nSPS) is 16.3. The fourth-order valence-electron chi connectivity index (χ4n) is 2.92. The van der Waals surface area contributed by atoms with Gasteiger partial charge >= 0.3 is 0 Å². The highest BCUT2D eigenvalue weighted by molar-refractivity contribution is 6.30. The first-order valence-electron chi connectivity index (χ1n) is 8.13. The van der Waals surface area contributed by atoms with E-state index in [4.69, 9.17) is 11.6 Å². The number of nitrogens with one attached hydrogen (secondary N) is 1. The van der Waals surface area contributed by atoms with Crippen molar-refractivity contribution >= 4 is 17.5 Å². The molecule has 1 N–H and O–H groups in total. The zero-order chi connectivity index (χ0) is 17.8. The van der Waals surface area contributed by atoms with Gasteiger partial charge in [-0.2, -0.15) is 5.10 Å². The molecule has 0 saturated carbocycles. The Morgan fingerprint density at radius 3 is 2.80 bits per heavy atom. The third kappa shape index (κ3) is 4.76. The zero-order valence-electron chi connectivity index (χ0n) is 13.5. The Morgan fingerprint density at radius 1 is 1.36 bits per heavy atom. The van der Waals surface area contributed by atoms with Gasteiger partial charge in [-0.05, 0) is 31.0 Å². The van der Waals surface area contributed by atoms with Gasteiger partial charge in [0.25, 0.3) is 12.3 Å². The standard InChI is InChI=1S/C17H19ClF2N4O/c18-13-2-1-3-15(8-13)24-10-12(9-21-24)17(25)22-14-4-6-23(7-5-14)11-16(19)20/h1-3,8-10,14,16H,4-7,11H2,(H,22,25). The number of rotatable bonds is 5. The molecule has 0 aliphatic carbocycles. The molecule has 1 aliphatic heterocycles. The molecule has 8 heteroatoms. The SMILES string of the molecule is O=C(NC1CCN(CC(F)F)CC1)c1cnn(-c2cccc(Cl)c2)c1. The van der Waals surface area contributed by atoms with Crippen molar-refractivity contribution in [3.8, 4) is 5.69 Å². The zero-order valence-corrected chi connectivity index (χ0v) is 14.3. The number of hydrogen-bond donors (Lipinski definition) is 1. The van der Waals surface area contributed by atoms with Crippen molar-refractivity contribution in [3.05, 3.63) is 47.2 Å². The molecule has 0 bridgehead atoms. The van der Waals surface area contributed by atoms with E-state index in [1.807, 2.05) is 12.1 Å². The van der Waals surface area contributed by atoms with Gasteiger partial charge in [0.05, 0.1) is 24.0 Å².